The molecule has 0 amide bonds. The van der Waals surface area contributed by atoms with E-state index in [0.29, 0.717) is 4.77 Å². The van der Waals surface area contributed by atoms with Gasteiger partial charge in [0.15, 0.2) is 10.4 Å². The van der Waals surface area contributed by atoms with Gasteiger partial charge in [0.2, 0.25) is 0 Å². The average Bonchev–Trinajstić information content (AvgIpc) is 2.74. The summed E-state index contributed by atoms with van der Waals surface area (Å²) in [6.45, 7) is 2.10. The van der Waals surface area contributed by atoms with Crippen molar-refractivity contribution in [2.24, 2.45) is 0 Å². The van der Waals surface area contributed by atoms with Crippen molar-refractivity contribution in [3.63, 3.8) is 0 Å². The first-order valence-corrected chi connectivity index (χ1v) is 7.02. The second-order valence-corrected chi connectivity index (χ2v) is 5.58. The van der Waals surface area contributed by atoms with Crippen LogP contribution in [0.1, 0.15) is 18.5 Å². The van der Waals surface area contributed by atoms with E-state index < -0.39 is 0 Å². The van der Waals surface area contributed by atoms with E-state index in [-0.39, 0.29) is 6.04 Å². The van der Waals surface area contributed by atoms with Crippen LogP contribution in [0, 0.1) is 4.77 Å². The minimum Gasteiger partial charge on any atom is -0.329 e. The molecule has 0 fully saturated rings. The van der Waals surface area contributed by atoms with Crippen LogP contribution in [0.3, 0.4) is 0 Å². The number of hydrogen-bond acceptors (Lipinski definition) is 3. The van der Waals surface area contributed by atoms with Crippen molar-refractivity contribution in [3.8, 4) is 0 Å². The van der Waals surface area contributed by atoms with Crippen molar-refractivity contribution in [2.75, 3.05) is 0 Å². The lowest BCUT2D eigenvalue weighted by Crippen LogP contribution is -2.07. The van der Waals surface area contributed by atoms with Gasteiger partial charge in [-0.2, -0.15) is 0 Å². The monoisotopic (exact) mass is 334 g/mol. The zero-order chi connectivity index (χ0) is 13.4. The number of nitrogens with one attached hydrogen (secondary N) is 1. The van der Waals surface area contributed by atoms with Gasteiger partial charge in [-0.15, -0.1) is 0 Å². The number of rotatable bonds is 2. The Balaban J connectivity index is 2.20. The summed E-state index contributed by atoms with van der Waals surface area (Å²) in [4.78, 5) is 11.7. The Morgan fingerprint density at radius 2 is 2.11 bits per heavy atom. The molecule has 0 aliphatic heterocycles. The number of aromatic amines is 1. The summed E-state index contributed by atoms with van der Waals surface area (Å²) in [6, 6.07) is 6.07. The predicted molar refractivity (Wildman–Crippen MR) is 80.7 cm³/mol. The quantitative estimate of drug-likeness (QED) is 0.724. The minimum atomic E-state index is 0.109. The summed E-state index contributed by atoms with van der Waals surface area (Å²) < 4.78 is 3.62. The zero-order valence-corrected chi connectivity index (χ0v) is 12.6. The molecule has 4 nitrogen and oxygen atoms in total. The molecule has 0 spiro atoms. The predicted octanol–water partition coefficient (Wildman–Crippen LogP) is 3.86. The standard InChI is InChI=1S/C13H11BrN4S/c1-8(9-2-4-15-5-3-9)18-12-11(17-13(18)19)6-10(14)7-16-12/h2-8H,1H3,(H,17,19). The topological polar surface area (TPSA) is 46.5 Å². The van der Waals surface area contributed by atoms with Gasteiger partial charge >= 0.3 is 0 Å². The maximum absolute atomic E-state index is 5.41. The highest BCUT2D eigenvalue weighted by Crippen LogP contribution is 2.24. The van der Waals surface area contributed by atoms with E-state index in [1.54, 1.807) is 18.6 Å². The van der Waals surface area contributed by atoms with E-state index in [0.717, 1.165) is 21.2 Å². The van der Waals surface area contributed by atoms with Gasteiger partial charge < -0.3 is 4.98 Å². The molecule has 1 N–H and O–H groups in total. The fraction of sp³-hybridized carbons (Fsp3) is 0.154. The SMILES string of the molecule is CC(c1ccncc1)n1c(=S)[nH]c2cc(Br)cnc21. The van der Waals surface area contributed by atoms with Crippen LogP contribution >= 0.6 is 28.1 Å². The molecule has 1 atom stereocenters. The summed E-state index contributed by atoms with van der Waals surface area (Å²) in [5.41, 5.74) is 2.94. The first-order valence-electron chi connectivity index (χ1n) is 5.82. The van der Waals surface area contributed by atoms with Crippen LogP contribution in [0.4, 0.5) is 0 Å². The Bertz CT molecular complexity index is 778. The molecule has 19 heavy (non-hydrogen) atoms. The number of hydrogen-bond donors (Lipinski definition) is 1. The third-order valence-electron chi connectivity index (χ3n) is 3.10. The van der Waals surface area contributed by atoms with Crippen LogP contribution in [-0.4, -0.2) is 19.5 Å². The van der Waals surface area contributed by atoms with E-state index in [4.69, 9.17) is 12.2 Å². The highest BCUT2D eigenvalue weighted by molar-refractivity contribution is 9.10. The lowest BCUT2D eigenvalue weighted by atomic mass is 10.1. The van der Waals surface area contributed by atoms with Gasteiger partial charge in [-0.1, -0.05) is 0 Å². The normalized spacial score (nSPS) is 12.7. The molecule has 0 radical (unpaired) electrons. The van der Waals surface area contributed by atoms with Gasteiger partial charge in [0.25, 0.3) is 0 Å². The van der Waals surface area contributed by atoms with E-state index in [1.807, 2.05) is 22.8 Å². The Kier molecular flexibility index (Phi) is 3.20. The highest BCUT2D eigenvalue weighted by Gasteiger charge is 2.14. The van der Waals surface area contributed by atoms with Crippen LogP contribution in [0.15, 0.2) is 41.3 Å². The minimum absolute atomic E-state index is 0.109. The van der Waals surface area contributed by atoms with Crippen molar-refractivity contribution in [2.45, 2.75) is 13.0 Å². The fourth-order valence-corrected chi connectivity index (χ4v) is 2.82. The van der Waals surface area contributed by atoms with Crippen LogP contribution in [0.25, 0.3) is 11.2 Å². The molecular formula is C13H11BrN4S. The molecule has 3 aromatic heterocycles. The second-order valence-electron chi connectivity index (χ2n) is 4.28. The average molecular weight is 335 g/mol. The molecule has 3 rings (SSSR count). The van der Waals surface area contributed by atoms with Crippen LogP contribution in [0.5, 0.6) is 0 Å². The number of H-pyrrole nitrogens is 1. The molecule has 6 heteroatoms. The molecule has 3 heterocycles. The maximum atomic E-state index is 5.41. The lowest BCUT2D eigenvalue weighted by molar-refractivity contribution is 0.643. The van der Waals surface area contributed by atoms with Crippen molar-refractivity contribution in [3.05, 3.63) is 51.6 Å². The Morgan fingerprint density at radius 1 is 1.37 bits per heavy atom. The lowest BCUT2D eigenvalue weighted by Gasteiger charge is -2.14. The molecule has 0 aliphatic rings. The summed E-state index contributed by atoms with van der Waals surface area (Å²) in [5.74, 6) is 0. The number of aromatic nitrogens is 4. The molecular weight excluding hydrogens is 324 g/mol. The molecule has 96 valence electrons. The number of halogens is 1. The first kappa shape index (κ1) is 12.5. The third kappa shape index (κ3) is 2.21. The Morgan fingerprint density at radius 3 is 2.84 bits per heavy atom. The zero-order valence-electron chi connectivity index (χ0n) is 10.2. The number of nitrogens with zero attached hydrogens (tertiary/aromatic N) is 3. The summed E-state index contributed by atoms with van der Waals surface area (Å²) >= 11 is 8.82. The van der Waals surface area contributed by atoms with Gasteiger partial charge in [0.05, 0.1) is 11.6 Å². The largest absolute Gasteiger partial charge is 0.329 e. The molecule has 0 aromatic carbocycles. The van der Waals surface area contributed by atoms with Crippen molar-refractivity contribution in [1.29, 1.82) is 0 Å². The summed E-state index contributed by atoms with van der Waals surface area (Å²) in [6.07, 6.45) is 5.35. The Hall–Kier alpha value is -1.53. The first-order chi connectivity index (χ1) is 9.16. The Labute approximate surface area is 123 Å². The van der Waals surface area contributed by atoms with Gasteiger partial charge in [-0.05, 0) is 58.8 Å². The number of imidazole rings is 1. The summed E-state index contributed by atoms with van der Waals surface area (Å²) in [5, 5.41) is 0. The van der Waals surface area contributed by atoms with Gasteiger partial charge in [-0.25, -0.2) is 4.98 Å². The molecule has 0 bridgehead atoms. The molecule has 1 unspecified atom stereocenters. The number of fused-ring (bicyclic) bond motifs is 1. The van der Waals surface area contributed by atoms with E-state index in [9.17, 15) is 0 Å². The molecule has 0 saturated carbocycles. The second kappa shape index (κ2) is 4.86. The van der Waals surface area contributed by atoms with E-state index in [1.165, 1.54) is 0 Å². The fourth-order valence-electron chi connectivity index (χ4n) is 2.14. The van der Waals surface area contributed by atoms with Crippen LogP contribution < -0.4 is 0 Å². The van der Waals surface area contributed by atoms with Crippen molar-refractivity contribution in [1.82, 2.24) is 19.5 Å². The molecule has 0 aliphatic carbocycles. The van der Waals surface area contributed by atoms with E-state index >= 15 is 0 Å². The molecule has 0 saturated heterocycles. The van der Waals surface area contributed by atoms with Crippen LogP contribution in [0.2, 0.25) is 0 Å². The van der Waals surface area contributed by atoms with E-state index in [2.05, 4.69) is 37.8 Å². The smallest absolute Gasteiger partial charge is 0.179 e. The van der Waals surface area contributed by atoms with Gasteiger partial charge in [-0.3, -0.25) is 9.55 Å². The maximum Gasteiger partial charge on any atom is 0.179 e. The van der Waals surface area contributed by atoms with Crippen molar-refractivity contribution >= 4 is 39.3 Å². The molecule has 3 aromatic rings. The highest BCUT2D eigenvalue weighted by atomic mass is 79.9. The van der Waals surface area contributed by atoms with Crippen LogP contribution in [-0.2, 0) is 0 Å². The van der Waals surface area contributed by atoms with Gasteiger partial charge in [0, 0.05) is 23.1 Å². The van der Waals surface area contributed by atoms with Crippen molar-refractivity contribution < 1.29 is 0 Å². The third-order valence-corrected chi connectivity index (χ3v) is 3.83. The summed E-state index contributed by atoms with van der Waals surface area (Å²) in [7, 11) is 0. The van der Waals surface area contributed by atoms with Gasteiger partial charge in [0.1, 0.15) is 0 Å². The number of pyridine rings is 2.